The van der Waals surface area contributed by atoms with Crippen LogP contribution in [0.15, 0.2) is 18.2 Å². The van der Waals surface area contributed by atoms with Crippen molar-refractivity contribution in [3.63, 3.8) is 0 Å². The zero-order valence-corrected chi connectivity index (χ0v) is 11.5. The number of benzene rings is 1. The molecular formula is C15H19NO3. The van der Waals surface area contributed by atoms with Crippen molar-refractivity contribution in [3.05, 3.63) is 34.9 Å². The van der Waals surface area contributed by atoms with Gasteiger partial charge in [-0.1, -0.05) is 30.7 Å². The summed E-state index contributed by atoms with van der Waals surface area (Å²) in [6.07, 6.45) is -0.572. The van der Waals surface area contributed by atoms with Crippen LogP contribution < -0.4 is 0 Å². The molecule has 1 aromatic carbocycles. The van der Waals surface area contributed by atoms with Crippen molar-refractivity contribution in [2.45, 2.75) is 33.3 Å². The highest BCUT2D eigenvalue weighted by Crippen LogP contribution is 2.24. The lowest BCUT2D eigenvalue weighted by Crippen LogP contribution is -2.34. The molecule has 19 heavy (non-hydrogen) atoms. The molecule has 1 heterocycles. The van der Waals surface area contributed by atoms with E-state index in [1.54, 1.807) is 6.92 Å². The van der Waals surface area contributed by atoms with Gasteiger partial charge in [-0.3, -0.25) is 14.5 Å². The Hall–Kier alpha value is -1.68. The molecule has 1 aliphatic rings. The fraction of sp³-hybridized carbons (Fsp3) is 0.467. The van der Waals surface area contributed by atoms with Crippen molar-refractivity contribution in [1.29, 1.82) is 0 Å². The van der Waals surface area contributed by atoms with Crippen molar-refractivity contribution in [2.24, 2.45) is 5.92 Å². The average Bonchev–Trinajstić information content (AvgIpc) is 2.56. The van der Waals surface area contributed by atoms with Gasteiger partial charge < -0.3 is 5.11 Å². The van der Waals surface area contributed by atoms with E-state index in [0.717, 1.165) is 16.7 Å². The van der Waals surface area contributed by atoms with Crippen LogP contribution in [0.5, 0.6) is 0 Å². The molecule has 102 valence electrons. The van der Waals surface area contributed by atoms with Crippen molar-refractivity contribution in [1.82, 2.24) is 4.90 Å². The first-order valence-corrected chi connectivity index (χ1v) is 6.49. The van der Waals surface area contributed by atoms with E-state index in [1.165, 1.54) is 4.90 Å². The summed E-state index contributed by atoms with van der Waals surface area (Å²) < 4.78 is 0. The number of β-amino-alcohol motifs (C(OH)–C–C–N with tert-alkyl or cyclic N) is 1. The lowest BCUT2D eigenvalue weighted by Gasteiger charge is -2.20. The highest BCUT2D eigenvalue weighted by atomic mass is 16.3. The van der Waals surface area contributed by atoms with E-state index in [0.29, 0.717) is 0 Å². The van der Waals surface area contributed by atoms with Gasteiger partial charge >= 0.3 is 0 Å². The van der Waals surface area contributed by atoms with Gasteiger partial charge in [0.2, 0.25) is 11.8 Å². The maximum atomic E-state index is 11.8. The largest absolute Gasteiger partial charge is 0.387 e. The number of nitrogens with zero attached hydrogens (tertiary/aromatic N) is 1. The number of aryl methyl sites for hydroxylation is 2. The molecule has 2 unspecified atom stereocenters. The molecule has 0 aliphatic carbocycles. The fourth-order valence-electron chi connectivity index (χ4n) is 2.51. The van der Waals surface area contributed by atoms with Crippen LogP contribution in [0.2, 0.25) is 0 Å². The first kappa shape index (κ1) is 13.7. The number of amides is 2. The minimum atomic E-state index is -0.821. The van der Waals surface area contributed by atoms with E-state index in [2.05, 4.69) is 0 Å². The Kier molecular flexibility index (Phi) is 3.71. The van der Waals surface area contributed by atoms with E-state index in [-0.39, 0.29) is 30.7 Å². The number of carbonyl (C=O) groups excluding carboxylic acids is 2. The van der Waals surface area contributed by atoms with Crippen LogP contribution >= 0.6 is 0 Å². The molecule has 2 atom stereocenters. The number of hydrogen-bond donors (Lipinski definition) is 1. The first-order valence-electron chi connectivity index (χ1n) is 6.49. The lowest BCUT2D eigenvalue weighted by molar-refractivity contribution is -0.140. The maximum Gasteiger partial charge on any atom is 0.232 e. The highest BCUT2D eigenvalue weighted by Gasteiger charge is 2.36. The molecule has 0 spiro atoms. The zero-order chi connectivity index (χ0) is 14.2. The number of hydrogen-bond acceptors (Lipinski definition) is 3. The van der Waals surface area contributed by atoms with E-state index >= 15 is 0 Å². The van der Waals surface area contributed by atoms with Crippen molar-refractivity contribution in [3.8, 4) is 0 Å². The fourth-order valence-corrected chi connectivity index (χ4v) is 2.51. The third kappa shape index (κ3) is 2.68. The van der Waals surface area contributed by atoms with Crippen LogP contribution in [-0.2, 0) is 9.59 Å². The van der Waals surface area contributed by atoms with Crippen molar-refractivity contribution < 1.29 is 14.7 Å². The van der Waals surface area contributed by atoms with Crippen molar-refractivity contribution >= 4 is 11.8 Å². The van der Waals surface area contributed by atoms with E-state index in [9.17, 15) is 14.7 Å². The molecule has 0 saturated carbocycles. The first-order chi connectivity index (χ1) is 8.90. The summed E-state index contributed by atoms with van der Waals surface area (Å²) in [5.74, 6) is -0.644. The van der Waals surface area contributed by atoms with Crippen LogP contribution in [0.4, 0.5) is 0 Å². The second-order valence-electron chi connectivity index (χ2n) is 5.32. The molecule has 4 heteroatoms. The predicted octanol–water partition coefficient (Wildman–Crippen LogP) is 1.73. The van der Waals surface area contributed by atoms with E-state index < -0.39 is 6.10 Å². The number of rotatable bonds is 3. The summed E-state index contributed by atoms with van der Waals surface area (Å²) in [6.45, 7) is 5.69. The second kappa shape index (κ2) is 5.13. The molecule has 1 saturated heterocycles. The van der Waals surface area contributed by atoms with Crippen LogP contribution in [0.1, 0.15) is 36.1 Å². The van der Waals surface area contributed by atoms with Gasteiger partial charge in [-0.2, -0.15) is 0 Å². The Balaban J connectivity index is 2.15. The van der Waals surface area contributed by atoms with E-state index in [1.807, 2.05) is 32.0 Å². The molecule has 1 aromatic rings. The Morgan fingerprint density at radius 3 is 2.58 bits per heavy atom. The van der Waals surface area contributed by atoms with Gasteiger partial charge in [0, 0.05) is 12.3 Å². The van der Waals surface area contributed by atoms with Gasteiger partial charge in [0.05, 0.1) is 12.6 Å². The van der Waals surface area contributed by atoms with Gasteiger partial charge in [-0.15, -0.1) is 0 Å². The molecule has 1 aliphatic heterocycles. The molecule has 2 amide bonds. The van der Waals surface area contributed by atoms with Gasteiger partial charge in [0.25, 0.3) is 0 Å². The van der Waals surface area contributed by atoms with Gasteiger partial charge in [0.1, 0.15) is 0 Å². The van der Waals surface area contributed by atoms with Gasteiger partial charge in [-0.05, 0) is 25.0 Å². The van der Waals surface area contributed by atoms with Gasteiger partial charge in [-0.25, -0.2) is 0 Å². The molecule has 4 nitrogen and oxygen atoms in total. The van der Waals surface area contributed by atoms with Crippen LogP contribution in [0, 0.1) is 19.8 Å². The monoisotopic (exact) mass is 261 g/mol. The molecular weight excluding hydrogens is 242 g/mol. The summed E-state index contributed by atoms with van der Waals surface area (Å²) in [4.78, 5) is 24.7. The Morgan fingerprint density at radius 1 is 1.37 bits per heavy atom. The zero-order valence-electron chi connectivity index (χ0n) is 11.5. The summed E-state index contributed by atoms with van der Waals surface area (Å²) in [5.41, 5.74) is 2.86. The molecule has 1 fully saturated rings. The predicted molar refractivity (Wildman–Crippen MR) is 71.4 cm³/mol. The lowest BCUT2D eigenvalue weighted by atomic mass is 10.0. The molecule has 1 N–H and O–H groups in total. The summed E-state index contributed by atoms with van der Waals surface area (Å²) in [7, 11) is 0. The standard InChI is InChI=1S/C15H19NO3/c1-9-4-5-12(10(2)6-9)13(17)8-16-14(18)7-11(3)15(16)19/h4-6,11,13,17H,7-8H2,1-3H3. The molecule has 0 aromatic heterocycles. The van der Waals surface area contributed by atoms with Crippen LogP contribution in [-0.4, -0.2) is 28.4 Å². The Morgan fingerprint density at radius 2 is 2.05 bits per heavy atom. The minimum Gasteiger partial charge on any atom is -0.387 e. The number of likely N-dealkylation sites (tertiary alicyclic amines) is 1. The van der Waals surface area contributed by atoms with Gasteiger partial charge in [0.15, 0.2) is 0 Å². The normalized spacial score (nSPS) is 21.1. The summed E-state index contributed by atoms with van der Waals surface area (Å²) in [6, 6.07) is 5.75. The number of aliphatic hydroxyl groups is 1. The van der Waals surface area contributed by atoms with E-state index in [4.69, 9.17) is 0 Å². The Labute approximate surface area is 113 Å². The van der Waals surface area contributed by atoms with Crippen LogP contribution in [0.25, 0.3) is 0 Å². The number of imide groups is 1. The average molecular weight is 261 g/mol. The smallest absolute Gasteiger partial charge is 0.232 e. The minimum absolute atomic E-state index is 0.0475. The third-order valence-corrected chi connectivity index (χ3v) is 3.61. The highest BCUT2D eigenvalue weighted by molar-refractivity contribution is 6.03. The maximum absolute atomic E-state index is 11.8. The molecule has 0 radical (unpaired) electrons. The quantitative estimate of drug-likeness (QED) is 0.843. The molecule has 0 bridgehead atoms. The molecule has 2 rings (SSSR count). The topological polar surface area (TPSA) is 57.6 Å². The summed E-state index contributed by atoms with van der Waals surface area (Å²) >= 11 is 0. The number of carbonyl (C=O) groups is 2. The Bertz CT molecular complexity index is 524. The summed E-state index contributed by atoms with van der Waals surface area (Å²) in [5, 5.41) is 10.2. The SMILES string of the molecule is Cc1ccc(C(O)CN2C(=O)CC(C)C2=O)c(C)c1. The van der Waals surface area contributed by atoms with Crippen molar-refractivity contribution in [2.75, 3.05) is 6.54 Å². The third-order valence-electron chi connectivity index (χ3n) is 3.61. The number of aliphatic hydroxyl groups excluding tert-OH is 1. The second-order valence-corrected chi connectivity index (χ2v) is 5.32. The van der Waals surface area contributed by atoms with Crippen LogP contribution in [0.3, 0.4) is 0 Å².